The molecule has 0 saturated carbocycles. The van der Waals surface area contributed by atoms with Gasteiger partial charge in [0.05, 0.1) is 0 Å². The fraction of sp³-hybridized carbons (Fsp3) is 0.429. The van der Waals surface area contributed by atoms with Crippen molar-refractivity contribution in [3.05, 3.63) is 35.5 Å². The molecule has 0 saturated heterocycles. The molecular weight excluding hydrogens is 228 g/mol. The summed E-state index contributed by atoms with van der Waals surface area (Å²) in [4.78, 5) is 3.46. The van der Waals surface area contributed by atoms with Gasteiger partial charge in [-0.3, -0.25) is 0 Å². The zero-order valence-electron chi connectivity index (χ0n) is 10.7. The minimum atomic E-state index is 0.104. The van der Waals surface area contributed by atoms with E-state index in [9.17, 15) is 0 Å². The highest BCUT2D eigenvalue weighted by atomic mass is 32.1. The summed E-state index contributed by atoms with van der Waals surface area (Å²) in [6, 6.07) is 8.49. The van der Waals surface area contributed by atoms with Crippen molar-refractivity contribution in [1.29, 1.82) is 0 Å². The molecule has 0 fully saturated rings. The molecule has 0 aliphatic rings. The highest BCUT2D eigenvalue weighted by Gasteiger charge is 2.25. The van der Waals surface area contributed by atoms with E-state index in [0.29, 0.717) is 5.88 Å². The van der Waals surface area contributed by atoms with Gasteiger partial charge in [0.25, 0.3) is 0 Å². The number of benzene rings is 1. The normalized spacial score (nSPS) is 12.2. The lowest BCUT2D eigenvalue weighted by Crippen LogP contribution is -2.32. The number of nitrogens with one attached hydrogen (secondary N) is 2. The van der Waals surface area contributed by atoms with Gasteiger partial charge < -0.3 is 10.3 Å². The SMILES string of the molecule is Cc1[nH]c2ccccc2c1C(C)(C)CNCS. The maximum Gasteiger partial charge on any atom is 0.0459 e. The van der Waals surface area contributed by atoms with Crippen molar-refractivity contribution in [3.63, 3.8) is 0 Å². The summed E-state index contributed by atoms with van der Waals surface area (Å²) >= 11 is 4.21. The Hall–Kier alpha value is -0.930. The molecule has 1 aromatic heterocycles. The van der Waals surface area contributed by atoms with Crippen molar-refractivity contribution in [3.8, 4) is 0 Å². The highest BCUT2D eigenvalue weighted by molar-refractivity contribution is 7.80. The zero-order valence-corrected chi connectivity index (χ0v) is 11.6. The number of aromatic nitrogens is 1. The van der Waals surface area contributed by atoms with E-state index in [0.717, 1.165) is 6.54 Å². The topological polar surface area (TPSA) is 27.8 Å². The molecule has 0 aliphatic heterocycles. The third kappa shape index (κ3) is 2.35. The molecule has 2 nitrogen and oxygen atoms in total. The number of fused-ring (bicyclic) bond motifs is 1. The van der Waals surface area contributed by atoms with E-state index >= 15 is 0 Å². The van der Waals surface area contributed by atoms with Crippen LogP contribution in [0.15, 0.2) is 24.3 Å². The van der Waals surface area contributed by atoms with Crippen LogP contribution in [0.5, 0.6) is 0 Å². The highest BCUT2D eigenvalue weighted by Crippen LogP contribution is 2.32. The average molecular weight is 248 g/mol. The van der Waals surface area contributed by atoms with Gasteiger partial charge in [0, 0.05) is 34.4 Å². The van der Waals surface area contributed by atoms with Gasteiger partial charge in [-0.05, 0) is 18.6 Å². The number of H-pyrrole nitrogens is 1. The van der Waals surface area contributed by atoms with Gasteiger partial charge in [-0.1, -0.05) is 32.0 Å². The number of aromatic amines is 1. The minimum absolute atomic E-state index is 0.104. The largest absolute Gasteiger partial charge is 0.358 e. The van der Waals surface area contributed by atoms with E-state index in [1.54, 1.807) is 0 Å². The lowest BCUT2D eigenvalue weighted by Gasteiger charge is -2.26. The van der Waals surface area contributed by atoms with Gasteiger partial charge in [-0.2, -0.15) is 12.6 Å². The van der Waals surface area contributed by atoms with E-state index in [-0.39, 0.29) is 5.41 Å². The Bertz CT molecular complexity index is 514. The lowest BCUT2D eigenvalue weighted by molar-refractivity contribution is 0.491. The molecule has 2 N–H and O–H groups in total. The summed E-state index contributed by atoms with van der Waals surface area (Å²) in [6.07, 6.45) is 0. The maximum absolute atomic E-state index is 4.21. The standard InChI is InChI=1S/C14H20N2S/c1-10-13(14(2,3)8-15-9-17)11-6-4-5-7-12(11)16-10/h4-7,15-17H,8-9H2,1-3H3. The molecule has 1 aromatic carbocycles. The number of para-hydroxylation sites is 1. The van der Waals surface area contributed by atoms with Crippen molar-refractivity contribution in [2.24, 2.45) is 0 Å². The van der Waals surface area contributed by atoms with E-state index in [1.807, 2.05) is 0 Å². The molecule has 0 unspecified atom stereocenters. The van der Waals surface area contributed by atoms with Crippen LogP contribution in [0.25, 0.3) is 10.9 Å². The maximum atomic E-state index is 4.21. The first-order valence-electron chi connectivity index (χ1n) is 5.95. The Labute approximate surface area is 108 Å². The molecule has 0 bridgehead atoms. The van der Waals surface area contributed by atoms with Crippen LogP contribution in [-0.4, -0.2) is 17.4 Å². The lowest BCUT2D eigenvalue weighted by atomic mass is 9.82. The fourth-order valence-corrected chi connectivity index (χ4v) is 2.72. The monoisotopic (exact) mass is 248 g/mol. The Balaban J connectivity index is 2.50. The van der Waals surface area contributed by atoms with Crippen molar-refractivity contribution in [2.45, 2.75) is 26.2 Å². The molecule has 0 amide bonds. The zero-order chi connectivity index (χ0) is 12.5. The summed E-state index contributed by atoms with van der Waals surface area (Å²) in [5, 5.41) is 4.65. The van der Waals surface area contributed by atoms with E-state index in [4.69, 9.17) is 0 Å². The molecule has 2 aromatic rings. The Morgan fingerprint density at radius 2 is 2.00 bits per heavy atom. The predicted molar refractivity (Wildman–Crippen MR) is 77.9 cm³/mol. The molecule has 2 rings (SSSR count). The van der Waals surface area contributed by atoms with Gasteiger partial charge in [-0.15, -0.1) is 0 Å². The molecule has 0 atom stereocenters. The molecule has 92 valence electrons. The number of hydrogen-bond donors (Lipinski definition) is 3. The molecule has 0 spiro atoms. The van der Waals surface area contributed by atoms with Gasteiger partial charge in [0.1, 0.15) is 0 Å². The minimum Gasteiger partial charge on any atom is -0.358 e. The predicted octanol–water partition coefficient (Wildman–Crippen LogP) is 3.23. The second kappa shape index (κ2) is 4.75. The summed E-state index contributed by atoms with van der Waals surface area (Å²) in [5.74, 6) is 0.713. The van der Waals surface area contributed by atoms with Crippen molar-refractivity contribution < 1.29 is 0 Å². The second-order valence-electron chi connectivity index (χ2n) is 5.14. The van der Waals surface area contributed by atoms with Crippen LogP contribution in [0.3, 0.4) is 0 Å². The summed E-state index contributed by atoms with van der Waals surface area (Å²) in [6.45, 7) is 7.62. The van der Waals surface area contributed by atoms with Crippen molar-refractivity contribution in [2.75, 3.05) is 12.4 Å². The summed E-state index contributed by atoms with van der Waals surface area (Å²) in [5.41, 5.74) is 3.99. The van der Waals surface area contributed by atoms with E-state index in [1.165, 1.54) is 22.2 Å². The molecule has 3 heteroatoms. The Morgan fingerprint density at radius 1 is 1.29 bits per heavy atom. The Morgan fingerprint density at radius 3 is 2.71 bits per heavy atom. The Kier molecular flexibility index (Phi) is 3.50. The number of rotatable bonds is 4. The number of hydrogen-bond acceptors (Lipinski definition) is 2. The van der Waals surface area contributed by atoms with Gasteiger partial charge in [-0.25, -0.2) is 0 Å². The quantitative estimate of drug-likeness (QED) is 0.562. The molecular formula is C14H20N2S. The van der Waals surface area contributed by atoms with Crippen LogP contribution in [-0.2, 0) is 5.41 Å². The fourth-order valence-electron chi connectivity index (χ4n) is 2.61. The van der Waals surface area contributed by atoms with Gasteiger partial charge in [0.15, 0.2) is 0 Å². The van der Waals surface area contributed by atoms with Gasteiger partial charge in [0.2, 0.25) is 0 Å². The van der Waals surface area contributed by atoms with Crippen molar-refractivity contribution in [1.82, 2.24) is 10.3 Å². The van der Waals surface area contributed by atoms with Gasteiger partial charge >= 0.3 is 0 Å². The van der Waals surface area contributed by atoms with Crippen LogP contribution in [0, 0.1) is 6.92 Å². The number of thiol groups is 1. The van der Waals surface area contributed by atoms with Crippen LogP contribution in [0.2, 0.25) is 0 Å². The smallest absolute Gasteiger partial charge is 0.0459 e. The third-order valence-electron chi connectivity index (χ3n) is 3.25. The second-order valence-corrected chi connectivity index (χ2v) is 5.46. The van der Waals surface area contributed by atoms with Crippen LogP contribution >= 0.6 is 12.6 Å². The van der Waals surface area contributed by atoms with E-state index < -0.39 is 0 Å². The summed E-state index contributed by atoms with van der Waals surface area (Å²) < 4.78 is 0. The number of aryl methyl sites for hydroxylation is 1. The first kappa shape index (κ1) is 12.5. The van der Waals surface area contributed by atoms with Crippen LogP contribution < -0.4 is 5.32 Å². The van der Waals surface area contributed by atoms with E-state index in [2.05, 4.69) is 68.0 Å². The first-order valence-corrected chi connectivity index (χ1v) is 6.59. The van der Waals surface area contributed by atoms with Crippen molar-refractivity contribution >= 4 is 23.5 Å². The molecule has 0 radical (unpaired) electrons. The third-order valence-corrected chi connectivity index (χ3v) is 3.47. The van der Waals surface area contributed by atoms with Crippen LogP contribution in [0.4, 0.5) is 0 Å². The summed E-state index contributed by atoms with van der Waals surface area (Å²) in [7, 11) is 0. The molecule has 1 heterocycles. The molecule has 17 heavy (non-hydrogen) atoms. The van der Waals surface area contributed by atoms with Crippen LogP contribution in [0.1, 0.15) is 25.1 Å². The molecule has 0 aliphatic carbocycles. The first-order chi connectivity index (χ1) is 8.06. The average Bonchev–Trinajstić information content (AvgIpc) is 2.63.